The highest BCUT2D eigenvalue weighted by Gasteiger charge is 2.30. The molecule has 0 spiro atoms. The third-order valence-electron chi connectivity index (χ3n) is 5.50. The SMILES string of the molecule is CN1CCN(CC#Cc2cc(O)c3c(c2)CN(Cc2ccc(O)cc2)C3=O)CC1. The van der Waals surface area contributed by atoms with Crippen LogP contribution < -0.4 is 0 Å². The molecule has 1 saturated heterocycles. The van der Waals surface area contributed by atoms with Crippen molar-refractivity contribution in [3.8, 4) is 23.3 Å². The number of hydrogen-bond acceptors (Lipinski definition) is 5. The van der Waals surface area contributed by atoms with Crippen molar-refractivity contribution in [3.63, 3.8) is 0 Å². The third-order valence-corrected chi connectivity index (χ3v) is 5.50. The summed E-state index contributed by atoms with van der Waals surface area (Å²) in [6.07, 6.45) is 0. The van der Waals surface area contributed by atoms with Crippen molar-refractivity contribution in [2.24, 2.45) is 0 Å². The van der Waals surface area contributed by atoms with Crippen molar-refractivity contribution in [2.45, 2.75) is 13.1 Å². The fourth-order valence-electron chi connectivity index (χ4n) is 3.77. The van der Waals surface area contributed by atoms with Gasteiger partial charge in [0, 0.05) is 44.8 Å². The number of likely N-dealkylation sites (N-methyl/N-ethyl adjacent to an activating group) is 1. The van der Waals surface area contributed by atoms with E-state index in [4.69, 9.17) is 0 Å². The van der Waals surface area contributed by atoms with E-state index in [9.17, 15) is 15.0 Å². The maximum absolute atomic E-state index is 12.7. The van der Waals surface area contributed by atoms with Crippen LogP contribution >= 0.6 is 0 Å². The Bertz CT molecular complexity index is 967. The number of phenols is 2. The lowest BCUT2D eigenvalue weighted by Crippen LogP contribution is -2.44. The zero-order chi connectivity index (χ0) is 20.4. The predicted molar refractivity (Wildman–Crippen MR) is 111 cm³/mol. The van der Waals surface area contributed by atoms with Crippen molar-refractivity contribution < 1.29 is 15.0 Å². The van der Waals surface area contributed by atoms with Gasteiger partial charge in [0.25, 0.3) is 5.91 Å². The molecule has 0 bridgehead atoms. The monoisotopic (exact) mass is 391 g/mol. The molecule has 0 aliphatic carbocycles. The molecule has 2 aromatic rings. The van der Waals surface area contributed by atoms with Crippen LogP contribution in [0.25, 0.3) is 0 Å². The smallest absolute Gasteiger partial charge is 0.258 e. The van der Waals surface area contributed by atoms with Crippen molar-refractivity contribution >= 4 is 5.91 Å². The molecule has 2 heterocycles. The molecule has 2 aliphatic heterocycles. The molecule has 0 radical (unpaired) electrons. The van der Waals surface area contributed by atoms with Crippen LogP contribution in [-0.4, -0.2) is 70.6 Å². The third kappa shape index (κ3) is 4.37. The summed E-state index contributed by atoms with van der Waals surface area (Å²) in [4.78, 5) is 19.0. The van der Waals surface area contributed by atoms with E-state index in [0.717, 1.165) is 42.9 Å². The van der Waals surface area contributed by atoms with Gasteiger partial charge in [-0.05, 0) is 42.4 Å². The fourth-order valence-corrected chi connectivity index (χ4v) is 3.77. The number of hydrogen-bond donors (Lipinski definition) is 2. The van der Waals surface area contributed by atoms with E-state index in [1.54, 1.807) is 35.2 Å². The van der Waals surface area contributed by atoms with Gasteiger partial charge in [0.1, 0.15) is 11.5 Å². The molecule has 4 rings (SSSR count). The van der Waals surface area contributed by atoms with Gasteiger partial charge in [-0.25, -0.2) is 0 Å². The number of carbonyl (C=O) groups is 1. The molecule has 1 amide bonds. The van der Waals surface area contributed by atoms with E-state index in [-0.39, 0.29) is 17.4 Å². The minimum Gasteiger partial charge on any atom is -0.508 e. The number of phenolic OH excluding ortho intramolecular Hbond substituents is 2. The van der Waals surface area contributed by atoms with Crippen molar-refractivity contribution in [1.82, 2.24) is 14.7 Å². The van der Waals surface area contributed by atoms with E-state index >= 15 is 0 Å². The molecule has 0 atom stereocenters. The van der Waals surface area contributed by atoms with Crippen molar-refractivity contribution in [1.29, 1.82) is 0 Å². The molecule has 6 heteroatoms. The first-order chi connectivity index (χ1) is 14.0. The highest BCUT2D eigenvalue weighted by Crippen LogP contribution is 2.32. The molecule has 0 aromatic heterocycles. The summed E-state index contributed by atoms with van der Waals surface area (Å²) in [5.41, 5.74) is 2.83. The van der Waals surface area contributed by atoms with Crippen LogP contribution in [0.15, 0.2) is 36.4 Å². The van der Waals surface area contributed by atoms with Gasteiger partial charge >= 0.3 is 0 Å². The number of amides is 1. The Kier molecular flexibility index (Phi) is 5.43. The summed E-state index contributed by atoms with van der Waals surface area (Å²) in [6.45, 7) is 5.72. The van der Waals surface area contributed by atoms with Gasteiger partial charge in [-0.15, -0.1) is 0 Å². The van der Waals surface area contributed by atoms with Crippen LogP contribution in [0.4, 0.5) is 0 Å². The summed E-state index contributed by atoms with van der Waals surface area (Å²) in [5.74, 6) is 6.34. The molecule has 0 unspecified atom stereocenters. The molecule has 0 saturated carbocycles. The lowest BCUT2D eigenvalue weighted by atomic mass is 10.0. The van der Waals surface area contributed by atoms with Crippen LogP contribution in [0.2, 0.25) is 0 Å². The van der Waals surface area contributed by atoms with Crippen LogP contribution in [-0.2, 0) is 13.1 Å². The molecule has 2 aromatic carbocycles. The summed E-state index contributed by atoms with van der Waals surface area (Å²) >= 11 is 0. The number of aromatic hydroxyl groups is 2. The summed E-state index contributed by atoms with van der Waals surface area (Å²) in [6, 6.07) is 10.3. The van der Waals surface area contributed by atoms with Crippen molar-refractivity contribution in [3.05, 3.63) is 58.7 Å². The second kappa shape index (κ2) is 8.16. The Morgan fingerprint density at radius 1 is 1.03 bits per heavy atom. The van der Waals surface area contributed by atoms with Gasteiger partial charge in [-0.3, -0.25) is 9.69 Å². The zero-order valence-electron chi connectivity index (χ0n) is 16.6. The van der Waals surface area contributed by atoms with Gasteiger partial charge in [-0.1, -0.05) is 24.0 Å². The standard InChI is InChI=1S/C23H25N3O3/c1-24-9-11-25(12-10-24)8-2-3-18-13-19-16-26(23(29)22(19)21(28)14-18)15-17-4-6-20(27)7-5-17/h4-7,13-14,27-28H,8-12,15-16H2,1H3. The average Bonchev–Trinajstić information content (AvgIpc) is 3.01. The molecular weight excluding hydrogens is 366 g/mol. The summed E-state index contributed by atoms with van der Waals surface area (Å²) < 4.78 is 0. The first-order valence-electron chi connectivity index (χ1n) is 9.82. The van der Waals surface area contributed by atoms with Gasteiger partial charge in [0.15, 0.2) is 0 Å². The molecule has 2 N–H and O–H groups in total. The normalized spacial score (nSPS) is 17.1. The minimum atomic E-state index is -0.178. The van der Waals surface area contributed by atoms with Crippen LogP contribution in [0, 0.1) is 11.8 Å². The Morgan fingerprint density at radius 3 is 2.48 bits per heavy atom. The Labute approximate surface area is 171 Å². The topological polar surface area (TPSA) is 67.2 Å². The van der Waals surface area contributed by atoms with E-state index in [0.29, 0.717) is 25.2 Å². The van der Waals surface area contributed by atoms with Gasteiger partial charge < -0.3 is 20.0 Å². The van der Waals surface area contributed by atoms with Crippen molar-refractivity contribution in [2.75, 3.05) is 39.8 Å². The lowest BCUT2D eigenvalue weighted by Gasteiger charge is -2.30. The second-order valence-corrected chi connectivity index (χ2v) is 7.74. The van der Waals surface area contributed by atoms with Gasteiger partial charge in [0.05, 0.1) is 12.1 Å². The average molecular weight is 391 g/mol. The quantitative estimate of drug-likeness (QED) is 0.782. The Morgan fingerprint density at radius 2 is 1.76 bits per heavy atom. The highest BCUT2D eigenvalue weighted by atomic mass is 16.3. The number of fused-ring (bicyclic) bond motifs is 1. The van der Waals surface area contributed by atoms with E-state index in [1.165, 1.54) is 0 Å². The van der Waals surface area contributed by atoms with Gasteiger partial charge in [-0.2, -0.15) is 0 Å². The van der Waals surface area contributed by atoms with E-state index in [1.807, 2.05) is 6.07 Å². The Balaban J connectivity index is 1.45. The first-order valence-corrected chi connectivity index (χ1v) is 9.82. The summed E-state index contributed by atoms with van der Waals surface area (Å²) in [5, 5.41) is 19.8. The number of carbonyl (C=O) groups excluding carboxylic acids is 1. The zero-order valence-corrected chi connectivity index (χ0v) is 16.6. The van der Waals surface area contributed by atoms with E-state index in [2.05, 4.69) is 28.7 Å². The minimum absolute atomic E-state index is 0.00963. The van der Waals surface area contributed by atoms with Gasteiger partial charge in [0.2, 0.25) is 0 Å². The molecule has 29 heavy (non-hydrogen) atoms. The first kappa shape index (κ1) is 19.3. The lowest BCUT2D eigenvalue weighted by molar-refractivity contribution is 0.0764. The fraction of sp³-hybridized carbons (Fsp3) is 0.348. The molecule has 6 nitrogen and oxygen atoms in total. The van der Waals surface area contributed by atoms with E-state index < -0.39 is 0 Å². The summed E-state index contributed by atoms with van der Waals surface area (Å²) in [7, 11) is 2.13. The maximum Gasteiger partial charge on any atom is 0.258 e. The van der Waals surface area contributed by atoms with Crippen LogP contribution in [0.3, 0.4) is 0 Å². The number of nitrogens with zero attached hydrogens (tertiary/aromatic N) is 3. The van der Waals surface area contributed by atoms with Crippen LogP contribution in [0.5, 0.6) is 11.5 Å². The molecule has 2 aliphatic rings. The highest BCUT2D eigenvalue weighted by molar-refractivity contribution is 6.01. The Hall–Kier alpha value is -3.01. The number of piperazine rings is 1. The molecule has 150 valence electrons. The predicted octanol–water partition coefficient (Wildman–Crippen LogP) is 1.85. The number of rotatable bonds is 3. The largest absolute Gasteiger partial charge is 0.508 e. The molecule has 1 fully saturated rings. The maximum atomic E-state index is 12.7. The molecular formula is C23H25N3O3. The number of benzene rings is 2. The second-order valence-electron chi connectivity index (χ2n) is 7.74. The van der Waals surface area contributed by atoms with Crippen LogP contribution in [0.1, 0.15) is 27.0 Å².